The summed E-state index contributed by atoms with van der Waals surface area (Å²) in [4.78, 5) is 13.0. The number of pyridine rings is 6. The van der Waals surface area contributed by atoms with Gasteiger partial charge in [0.2, 0.25) is 34.2 Å². The van der Waals surface area contributed by atoms with Crippen LogP contribution in [0.4, 0.5) is 0 Å². The highest BCUT2D eigenvalue weighted by Crippen LogP contribution is 2.44. The molecule has 0 bridgehead atoms. The fourth-order valence-electron chi connectivity index (χ4n) is 15.5. The molecule has 15 aromatic rings. The zero-order chi connectivity index (χ0) is 89.3. The molecule has 2 aliphatic carbocycles. The second-order valence-corrected chi connectivity index (χ2v) is 28.2. The minimum Gasteiger partial charge on any atom is -0.437 e. The normalized spacial score (nSPS) is 17.7. The summed E-state index contributed by atoms with van der Waals surface area (Å²) in [5.74, 6) is -6.96. The summed E-state index contributed by atoms with van der Waals surface area (Å²) in [6, 6.07) is 59.2. The summed E-state index contributed by atoms with van der Waals surface area (Å²) in [7, 11) is 5.94. The summed E-state index contributed by atoms with van der Waals surface area (Å²) in [5.41, 5.74) is 19.7. The van der Waals surface area contributed by atoms with Gasteiger partial charge in [-0.25, -0.2) is 28.7 Å². The van der Waals surface area contributed by atoms with Gasteiger partial charge in [0.25, 0.3) is 0 Å². The van der Waals surface area contributed by atoms with Crippen molar-refractivity contribution in [1.82, 2.24) is 15.0 Å². The van der Waals surface area contributed by atoms with Crippen molar-refractivity contribution in [1.29, 1.82) is 0 Å². The number of aryl methyl sites for hydroxylation is 6. The molecule has 0 saturated heterocycles. The molecule has 9 nitrogen and oxygen atoms in total. The Labute approximate surface area is 636 Å². The molecule has 518 valence electrons. The zero-order valence-corrected chi connectivity index (χ0v) is 59.3. The monoisotopic (exact) mass is 1380 g/mol. The van der Waals surface area contributed by atoms with E-state index in [-0.39, 0.29) is 34.2 Å². The molecule has 0 radical (unpaired) electrons. The van der Waals surface area contributed by atoms with Gasteiger partial charge < -0.3 is 13.3 Å². The minimum atomic E-state index is -3.13. The number of rotatable bonds is 12. The molecule has 9 heterocycles. The lowest BCUT2D eigenvalue weighted by atomic mass is 9.93. The molecule has 2 saturated carbocycles. The maximum atomic E-state index is 8.55. The number of nitrogens with zero attached hydrogens (tertiary/aromatic N) is 6. The maximum absolute atomic E-state index is 8.55. The largest absolute Gasteiger partial charge is 0.437 e. The Bertz CT molecular complexity index is 6540. The van der Waals surface area contributed by atoms with Crippen molar-refractivity contribution in [3.8, 4) is 67.2 Å². The fraction of sp³-hybridized carbons (Fsp3) is 0.298. The number of fused-ring (bicyclic) bond motifs is 9. The molecule has 0 unspecified atom stereocenters. The van der Waals surface area contributed by atoms with Gasteiger partial charge in [0.15, 0.2) is 35.3 Å². The van der Waals surface area contributed by atoms with Gasteiger partial charge in [0.1, 0.15) is 21.1 Å². The van der Waals surface area contributed by atoms with Gasteiger partial charge in [-0.3, -0.25) is 0 Å². The lowest BCUT2D eigenvalue weighted by Crippen LogP contribution is -2.31. The van der Waals surface area contributed by atoms with Gasteiger partial charge in [-0.15, -0.1) is 0 Å². The third kappa shape index (κ3) is 13.3. The van der Waals surface area contributed by atoms with Crippen molar-refractivity contribution >= 4 is 66.2 Å². The van der Waals surface area contributed by atoms with Crippen molar-refractivity contribution < 1.29 is 55.7 Å². The van der Waals surface area contributed by atoms with Crippen LogP contribution in [-0.4, -0.2) is 15.0 Å². The third-order valence-corrected chi connectivity index (χ3v) is 21.2. The number of hydrogen-bond acceptors (Lipinski definition) is 6. The standard InChI is InChI=1S/2C32H33N2O.C30H31N2O/c1-20(2)28-17-16-27-26-15-9-21(3)30(31(26)35-32(27)33-28)29-18-14-25(19-34(29)4)24-12-10-23(11-13-24)22-7-5-6-8-22;1-20(2)28-16-15-27-26-14-9-21(3)30(31(26)35-32(27)33-28)29-19-25(17-18-34(29)4)24-12-10-23(11-13-24)22-7-5-6-8-22;1-18(2)21-10-12-22(13-11-21)23-8-7-17-32(6)28(23)27-20(5)9-14-24-25-15-16-26(19(3)4)31-30(25)33-29(24)27/h2*9-20,22H,5-8H2,1-4H3;7-19H,1-6H3/q3*+1/i2*1D3,2D3,20D;3D3,4D3,19D. The Kier molecular flexibility index (Phi) is 13.2. The highest BCUT2D eigenvalue weighted by Gasteiger charge is 2.29. The number of furan rings is 3. The molecule has 9 heteroatoms. The van der Waals surface area contributed by atoms with Crippen molar-refractivity contribution in [3.05, 3.63) is 251 Å². The van der Waals surface area contributed by atoms with E-state index in [9.17, 15) is 0 Å². The molecular formula is C94H97N6O3+3. The van der Waals surface area contributed by atoms with Crippen LogP contribution < -0.4 is 13.7 Å². The molecule has 0 spiro atoms. The summed E-state index contributed by atoms with van der Waals surface area (Å²) >= 11 is 0. The van der Waals surface area contributed by atoms with E-state index in [0.717, 1.165) is 100 Å². The molecule has 9 aromatic heterocycles. The maximum Gasteiger partial charge on any atom is 0.227 e. The van der Waals surface area contributed by atoms with Crippen LogP contribution in [0.3, 0.4) is 0 Å². The van der Waals surface area contributed by atoms with Gasteiger partial charge in [0, 0.05) is 108 Å². The van der Waals surface area contributed by atoms with Crippen LogP contribution in [0.15, 0.2) is 214 Å². The summed E-state index contributed by atoms with van der Waals surface area (Å²) in [6.45, 7) is -8.46. The minimum absolute atomic E-state index is 0.0888. The molecule has 0 aliphatic heterocycles. The highest BCUT2D eigenvalue weighted by molar-refractivity contribution is 6.11. The smallest absolute Gasteiger partial charge is 0.227 e. The van der Waals surface area contributed by atoms with Gasteiger partial charge in [-0.1, -0.05) is 190 Å². The van der Waals surface area contributed by atoms with E-state index >= 15 is 0 Å². The Morgan fingerprint density at radius 1 is 0.398 bits per heavy atom. The van der Waals surface area contributed by atoms with Crippen molar-refractivity contribution in [3.63, 3.8) is 0 Å². The Morgan fingerprint density at radius 2 is 0.816 bits per heavy atom. The van der Waals surface area contributed by atoms with E-state index in [0.29, 0.717) is 50.7 Å². The molecule has 17 rings (SSSR count). The molecule has 2 aliphatic rings. The third-order valence-electron chi connectivity index (χ3n) is 21.2. The predicted octanol–water partition coefficient (Wildman–Crippen LogP) is 24.2. The van der Waals surface area contributed by atoms with E-state index in [1.165, 1.54) is 86.3 Å². The van der Waals surface area contributed by atoms with E-state index in [4.69, 9.17) is 42.0 Å². The van der Waals surface area contributed by atoms with Crippen LogP contribution >= 0.6 is 0 Å². The molecular weight excluding hydrogens is 1260 g/mol. The van der Waals surface area contributed by atoms with E-state index in [1.54, 1.807) is 18.2 Å². The van der Waals surface area contributed by atoms with Gasteiger partial charge in [-0.05, 0) is 186 Å². The summed E-state index contributed by atoms with van der Waals surface area (Å²) < 4.78 is 192. The Morgan fingerprint density at radius 3 is 1.27 bits per heavy atom. The average Bonchev–Trinajstić information content (AvgIpc) is 1.51. The van der Waals surface area contributed by atoms with Gasteiger partial charge >= 0.3 is 0 Å². The first-order valence-electron chi connectivity index (χ1n) is 46.0. The van der Waals surface area contributed by atoms with E-state index in [1.807, 2.05) is 106 Å². The van der Waals surface area contributed by atoms with Crippen LogP contribution in [0.25, 0.3) is 133 Å². The first-order chi connectivity index (χ1) is 58.2. The lowest BCUT2D eigenvalue weighted by molar-refractivity contribution is -0.660. The zero-order valence-electron chi connectivity index (χ0n) is 80.3. The SMILES string of the molecule is [2H]C([2H])([2H])C([2H])(c1ccc2c(n1)oc1c(-c3c(-c4ccc(C(C)C)cc4)ccc[n+]3C)c(C)ccc12)C([2H])([2H])[2H].[2H]C([2H])([2H])C([2H])(c1ccc2c(n1)oc1c(-c3cc(-c4ccc(C5CCCC5)cc4)cc[n+]3C)c(C)ccc12)C([2H])([2H])[2H].[2H]C([2H])([2H])C([2H])(c1ccc2c(n1)oc1c(-c3ccc(-c4ccc(C5CCCC5)cc4)c[n+]3C)c(C)ccc12)C([2H])([2H])[2H]. The second kappa shape index (κ2) is 28.5. The molecule has 0 N–H and O–H groups in total. The first-order valence-corrected chi connectivity index (χ1v) is 35.5. The molecule has 6 aromatic carbocycles. The van der Waals surface area contributed by atoms with Crippen LogP contribution in [-0.2, 0) is 21.1 Å². The Hall–Kier alpha value is -10.4. The lowest BCUT2D eigenvalue weighted by Gasteiger charge is -2.12. The second-order valence-electron chi connectivity index (χ2n) is 28.2. The number of hydrogen-bond donors (Lipinski definition) is 0. The van der Waals surface area contributed by atoms with Crippen LogP contribution in [0, 0.1) is 20.8 Å². The van der Waals surface area contributed by atoms with Gasteiger partial charge in [0.05, 0.1) is 22.3 Å². The predicted molar refractivity (Wildman–Crippen MR) is 424 cm³/mol. The van der Waals surface area contributed by atoms with Crippen LogP contribution in [0.2, 0.25) is 0 Å². The average molecular weight is 1380 g/mol. The molecule has 2 fully saturated rings. The van der Waals surface area contributed by atoms with Crippen LogP contribution in [0.5, 0.6) is 0 Å². The summed E-state index contributed by atoms with van der Waals surface area (Å²) in [5, 5.41) is 4.16. The van der Waals surface area contributed by atoms with E-state index in [2.05, 4.69) is 143 Å². The number of benzene rings is 6. The highest BCUT2D eigenvalue weighted by atomic mass is 16.3. The molecule has 103 heavy (non-hydrogen) atoms. The Balaban J connectivity index is 0.000000144. The molecule has 0 atom stereocenters. The van der Waals surface area contributed by atoms with Gasteiger partial charge in [-0.2, -0.15) is 0 Å². The van der Waals surface area contributed by atoms with E-state index < -0.39 is 58.8 Å². The van der Waals surface area contributed by atoms with Crippen molar-refractivity contribution in [2.45, 2.75) is 163 Å². The summed E-state index contributed by atoms with van der Waals surface area (Å²) in [6.07, 6.45) is 16.4. The number of aromatic nitrogens is 6. The van der Waals surface area contributed by atoms with Crippen molar-refractivity contribution in [2.24, 2.45) is 21.1 Å². The molecule has 0 amide bonds. The van der Waals surface area contributed by atoms with Crippen LogP contribution in [0.1, 0.15) is 221 Å². The quantitative estimate of drug-likeness (QED) is 0.113. The van der Waals surface area contributed by atoms with Crippen molar-refractivity contribution in [2.75, 3.05) is 0 Å². The first kappa shape index (κ1) is 47.7. The topological polar surface area (TPSA) is 89.7 Å². The fourth-order valence-corrected chi connectivity index (χ4v) is 15.5.